The molecule has 8 nitrogen and oxygen atoms in total. The molecule has 0 spiro atoms. The zero-order valence-corrected chi connectivity index (χ0v) is 14.8. The molecule has 0 bridgehead atoms. The number of carbonyl (C=O) groups excluding carboxylic acids is 1. The highest BCUT2D eigenvalue weighted by Crippen LogP contribution is 2.32. The maximum atomic E-state index is 12.2. The Balaban J connectivity index is 2.84. The highest BCUT2D eigenvalue weighted by molar-refractivity contribution is 7.91. The summed E-state index contributed by atoms with van der Waals surface area (Å²) in [6, 6.07) is 6.14. The van der Waals surface area contributed by atoms with Crippen LogP contribution in [0.2, 0.25) is 0 Å². The first-order valence-corrected chi connectivity index (χ1v) is 8.86. The summed E-state index contributed by atoms with van der Waals surface area (Å²) in [5.41, 5.74) is 6.05. The van der Waals surface area contributed by atoms with E-state index in [1.807, 2.05) is 6.07 Å². The van der Waals surface area contributed by atoms with Gasteiger partial charge in [-0.3, -0.25) is 0 Å². The van der Waals surface area contributed by atoms with Crippen molar-refractivity contribution in [3.05, 3.63) is 35.7 Å². The number of aromatic nitrogens is 1. The zero-order valence-electron chi connectivity index (χ0n) is 13.9. The summed E-state index contributed by atoms with van der Waals surface area (Å²) < 4.78 is 35.6. The van der Waals surface area contributed by atoms with Crippen LogP contribution in [-0.2, 0) is 14.6 Å². The fourth-order valence-corrected chi connectivity index (χ4v) is 3.22. The number of rotatable bonds is 5. The highest BCUT2D eigenvalue weighted by Gasteiger charge is 2.24. The molecule has 0 aliphatic heterocycles. The predicted octanol–water partition coefficient (Wildman–Crippen LogP) is 1.52. The van der Waals surface area contributed by atoms with E-state index >= 15 is 0 Å². The van der Waals surface area contributed by atoms with Gasteiger partial charge in [-0.1, -0.05) is 6.92 Å². The van der Waals surface area contributed by atoms with E-state index in [-0.39, 0.29) is 33.3 Å². The third kappa shape index (κ3) is 3.16. The lowest BCUT2D eigenvalue weighted by atomic mass is 10.2. The Hall–Kier alpha value is -2.99. The van der Waals surface area contributed by atoms with Gasteiger partial charge in [0, 0.05) is 6.20 Å². The number of hydrogen-bond donors (Lipinski definition) is 1. The molecule has 1 aromatic carbocycles. The van der Waals surface area contributed by atoms with Crippen molar-refractivity contribution in [1.82, 2.24) is 4.57 Å². The average molecular weight is 363 g/mol. The number of carbonyl (C=O) groups is 1. The Morgan fingerprint density at radius 2 is 2.04 bits per heavy atom. The van der Waals surface area contributed by atoms with E-state index in [1.165, 1.54) is 50.1 Å². The van der Waals surface area contributed by atoms with Crippen LogP contribution in [0.25, 0.3) is 5.69 Å². The summed E-state index contributed by atoms with van der Waals surface area (Å²) in [5, 5.41) is 9.18. The highest BCUT2D eigenvalue weighted by atomic mass is 32.2. The number of benzene rings is 1. The number of esters is 1. The SMILES string of the molecule is CCS(=O)(=O)c1ccc(OC)c(-n2cc(C#N)c(N)c2C(=O)OC)c1. The Kier molecular flexibility index (Phi) is 5.04. The lowest BCUT2D eigenvalue weighted by Gasteiger charge is -2.14. The first-order chi connectivity index (χ1) is 11.8. The van der Waals surface area contributed by atoms with E-state index in [1.54, 1.807) is 0 Å². The normalized spacial score (nSPS) is 11.0. The van der Waals surface area contributed by atoms with Crippen LogP contribution in [-0.4, -0.2) is 38.9 Å². The minimum absolute atomic E-state index is 0.0554. The van der Waals surface area contributed by atoms with Crippen LogP contribution in [0.5, 0.6) is 5.75 Å². The first-order valence-electron chi connectivity index (χ1n) is 7.21. The monoisotopic (exact) mass is 363 g/mol. The van der Waals surface area contributed by atoms with Gasteiger partial charge in [0.2, 0.25) is 0 Å². The van der Waals surface area contributed by atoms with Crippen molar-refractivity contribution in [3.8, 4) is 17.5 Å². The summed E-state index contributed by atoms with van der Waals surface area (Å²) in [6.07, 6.45) is 1.34. The molecule has 2 rings (SSSR count). The fourth-order valence-electron chi connectivity index (χ4n) is 2.32. The second-order valence-corrected chi connectivity index (χ2v) is 7.29. The smallest absolute Gasteiger partial charge is 0.357 e. The number of nitrogens with zero attached hydrogens (tertiary/aromatic N) is 2. The molecule has 0 fully saturated rings. The van der Waals surface area contributed by atoms with E-state index in [9.17, 15) is 18.5 Å². The molecule has 2 aromatic rings. The van der Waals surface area contributed by atoms with Gasteiger partial charge in [0.1, 0.15) is 11.8 Å². The lowest BCUT2D eigenvalue weighted by molar-refractivity contribution is 0.0593. The molecule has 9 heteroatoms. The molecule has 25 heavy (non-hydrogen) atoms. The van der Waals surface area contributed by atoms with Gasteiger partial charge in [-0.2, -0.15) is 5.26 Å². The maximum Gasteiger partial charge on any atom is 0.357 e. The summed E-state index contributed by atoms with van der Waals surface area (Å²) in [5.74, 6) is -0.538. The molecular weight excluding hydrogens is 346 g/mol. The molecule has 0 aliphatic rings. The van der Waals surface area contributed by atoms with E-state index in [0.29, 0.717) is 5.75 Å². The van der Waals surface area contributed by atoms with Crippen LogP contribution in [0.1, 0.15) is 23.0 Å². The lowest BCUT2D eigenvalue weighted by Crippen LogP contribution is -2.12. The van der Waals surface area contributed by atoms with Crippen molar-refractivity contribution in [3.63, 3.8) is 0 Å². The number of anilines is 1. The van der Waals surface area contributed by atoms with Crippen LogP contribution in [0, 0.1) is 11.3 Å². The number of nitrogens with two attached hydrogens (primary N) is 1. The molecule has 2 N–H and O–H groups in total. The standard InChI is InChI=1S/C16H17N3O5S/c1-4-25(21,22)11-5-6-13(23-2)12(7-11)19-9-10(8-17)14(18)15(19)16(20)24-3/h5-7,9H,4,18H2,1-3H3. The summed E-state index contributed by atoms with van der Waals surface area (Å²) in [7, 11) is -0.896. The largest absolute Gasteiger partial charge is 0.495 e. The van der Waals surface area contributed by atoms with Crippen LogP contribution in [0.15, 0.2) is 29.3 Å². The molecule has 1 aromatic heterocycles. The number of hydrogen-bond acceptors (Lipinski definition) is 7. The molecule has 0 saturated carbocycles. The van der Waals surface area contributed by atoms with E-state index in [0.717, 1.165) is 0 Å². The Labute approximate surface area is 145 Å². The van der Waals surface area contributed by atoms with Crippen molar-refractivity contribution < 1.29 is 22.7 Å². The fraction of sp³-hybridized carbons (Fsp3) is 0.250. The molecule has 0 amide bonds. The molecule has 0 atom stereocenters. The van der Waals surface area contributed by atoms with Gasteiger partial charge >= 0.3 is 5.97 Å². The van der Waals surface area contributed by atoms with Gasteiger partial charge in [0.25, 0.3) is 0 Å². The van der Waals surface area contributed by atoms with Crippen molar-refractivity contribution in [2.24, 2.45) is 0 Å². The zero-order chi connectivity index (χ0) is 18.8. The van der Waals surface area contributed by atoms with Crippen LogP contribution < -0.4 is 10.5 Å². The van der Waals surface area contributed by atoms with Gasteiger partial charge in [0.15, 0.2) is 15.5 Å². The summed E-state index contributed by atoms with van der Waals surface area (Å²) in [4.78, 5) is 12.2. The molecule has 1 heterocycles. The Bertz CT molecular complexity index is 970. The predicted molar refractivity (Wildman–Crippen MR) is 90.5 cm³/mol. The minimum atomic E-state index is -3.48. The van der Waals surface area contributed by atoms with Gasteiger partial charge in [-0.15, -0.1) is 0 Å². The topological polar surface area (TPSA) is 124 Å². The number of nitriles is 1. The molecule has 132 valence electrons. The van der Waals surface area contributed by atoms with Crippen LogP contribution in [0.4, 0.5) is 5.69 Å². The quantitative estimate of drug-likeness (QED) is 0.798. The van der Waals surface area contributed by atoms with E-state index < -0.39 is 15.8 Å². The van der Waals surface area contributed by atoms with Crippen molar-refractivity contribution in [2.45, 2.75) is 11.8 Å². The molecular formula is C16H17N3O5S. The number of nitrogen functional groups attached to an aromatic ring is 1. The van der Waals surface area contributed by atoms with Crippen molar-refractivity contribution in [1.29, 1.82) is 5.26 Å². The van der Waals surface area contributed by atoms with Crippen molar-refractivity contribution in [2.75, 3.05) is 25.7 Å². The second-order valence-electron chi connectivity index (χ2n) is 5.02. The third-order valence-electron chi connectivity index (χ3n) is 3.69. The molecule has 0 saturated heterocycles. The molecule has 0 radical (unpaired) electrons. The Morgan fingerprint density at radius 3 is 2.56 bits per heavy atom. The van der Waals surface area contributed by atoms with Crippen molar-refractivity contribution >= 4 is 21.5 Å². The van der Waals surface area contributed by atoms with Gasteiger partial charge in [-0.05, 0) is 18.2 Å². The average Bonchev–Trinajstić information content (AvgIpc) is 2.96. The second kappa shape index (κ2) is 6.86. The molecule has 0 aliphatic carbocycles. The molecule has 0 unspecified atom stereocenters. The van der Waals surface area contributed by atoms with Gasteiger partial charge in [-0.25, -0.2) is 13.2 Å². The number of methoxy groups -OCH3 is 2. The third-order valence-corrected chi connectivity index (χ3v) is 5.42. The number of sulfone groups is 1. The van der Waals surface area contributed by atoms with Gasteiger partial charge in [0.05, 0.1) is 41.8 Å². The number of ether oxygens (including phenoxy) is 2. The van der Waals surface area contributed by atoms with Crippen LogP contribution >= 0.6 is 0 Å². The van der Waals surface area contributed by atoms with E-state index in [2.05, 4.69) is 0 Å². The van der Waals surface area contributed by atoms with E-state index in [4.69, 9.17) is 15.2 Å². The minimum Gasteiger partial charge on any atom is -0.495 e. The van der Waals surface area contributed by atoms with Crippen LogP contribution in [0.3, 0.4) is 0 Å². The Morgan fingerprint density at radius 1 is 1.36 bits per heavy atom. The van der Waals surface area contributed by atoms with Gasteiger partial charge < -0.3 is 19.8 Å². The first kappa shape index (κ1) is 18.4. The maximum absolute atomic E-state index is 12.2. The summed E-state index contributed by atoms with van der Waals surface area (Å²) >= 11 is 0. The summed E-state index contributed by atoms with van der Waals surface area (Å²) in [6.45, 7) is 1.53.